The lowest BCUT2D eigenvalue weighted by Crippen LogP contribution is -2.45. The first kappa shape index (κ1) is 16.3. The molecule has 0 atom stereocenters. The Hall–Kier alpha value is -1.77. The summed E-state index contributed by atoms with van der Waals surface area (Å²) in [6.45, 7) is -0.640. The van der Waals surface area contributed by atoms with E-state index in [4.69, 9.17) is 5.11 Å². The summed E-state index contributed by atoms with van der Waals surface area (Å²) in [4.78, 5) is 11.2. The summed E-state index contributed by atoms with van der Waals surface area (Å²) >= 11 is 0. The maximum atomic E-state index is 12.3. The van der Waals surface area contributed by atoms with Crippen molar-refractivity contribution in [3.05, 3.63) is 29.8 Å². The number of aliphatic hydroxyl groups is 1. The van der Waals surface area contributed by atoms with Gasteiger partial charge in [0.05, 0.1) is 6.61 Å². The number of para-hydroxylation sites is 1. The molecule has 0 bridgehead atoms. The molecule has 1 aromatic carbocycles. The average Bonchev–Trinajstić information content (AvgIpc) is 2.25. The third-order valence-corrected chi connectivity index (χ3v) is 2.36. The van der Waals surface area contributed by atoms with Crippen LogP contribution in [-0.4, -0.2) is 23.4 Å². The van der Waals surface area contributed by atoms with Crippen LogP contribution in [0.1, 0.15) is 5.56 Å². The van der Waals surface area contributed by atoms with Crippen molar-refractivity contribution in [2.75, 3.05) is 5.32 Å². The Morgan fingerprint density at radius 2 is 1.60 bits per heavy atom. The Morgan fingerprint density at radius 3 is 2.05 bits per heavy atom. The van der Waals surface area contributed by atoms with Crippen molar-refractivity contribution in [3.8, 4) is 0 Å². The Kier molecular flexibility index (Phi) is 4.64. The van der Waals surface area contributed by atoms with E-state index in [0.29, 0.717) is 0 Å². The largest absolute Gasteiger partial charge is 0.409 e. The van der Waals surface area contributed by atoms with E-state index in [1.165, 1.54) is 23.5 Å². The summed E-state index contributed by atoms with van der Waals surface area (Å²) in [6, 6.07) is 5.05. The molecule has 0 aliphatic carbocycles. The van der Waals surface area contributed by atoms with Gasteiger partial charge in [0.15, 0.2) is 0 Å². The number of anilines is 1. The van der Waals surface area contributed by atoms with Gasteiger partial charge in [-0.15, -0.1) is 0 Å². The summed E-state index contributed by atoms with van der Waals surface area (Å²) in [5.41, 5.74) is -0.303. The number of aliphatic hydroxyl groups excluding tert-OH is 1. The zero-order chi connectivity index (χ0) is 15.6. The van der Waals surface area contributed by atoms with Crippen LogP contribution in [0.5, 0.6) is 0 Å². The van der Waals surface area contributed by atoms with Crippen molar-refractivity contribution in [1.29, 1.82) is 0 Å². The average molecular weight is 301 g/mol. The minimum atomic E-state index is -5.75. The number of carbonyl (C=O) groups excluding carboxylic acids is 1. The van der Waals surface area contributed by atoms with Gasteiger partial charge in [-0.3, -0.25) is 4.79 Å². The fourth-order valence-electron chi connectivity index (χ4n) is 1.47. The quantitative estimate of drug-likeness (QED) is 0.843. The minimum Gasteiger partial charge on any atom is -0.392 e. The maximum Gasteiger partial charge on any atom is 0.409 e. The van der Waals surface area contributed by atoms with Gasteiger partial charge in [-0.1, -0.05) is 18.2 Å². The van der Waals surface area contributed by atoms with Crippen molar-refractivity contribution >= 4 is 11.6 Å². The molecule has 1 amide bonds. The van der Waals surface area contributed by atoms with Crippen LogP contribution in [0.3, 0.4) is 0 Å². The van der Waals surface area contributed by atoms with Crippen molar-refractivity contribution in [1.82, 2.24) is 0 Å². The molecule has 20 heavy (non-hydrogen) atoms. The molecule has 2 N–H and O–H groups in total. The fourth-order valence-corrected chi connectivity index (χ4v) is 1.47. The molecule has 0 spiro atoms. The number of carbonyl (C=O) groups is 1. The molecule has 1 aromatic rings. The number of nitrogens with one attached hydrogen (secondary N) is 1. The molecule has 0 aliphatic heterocycles. The third-order valence-electron chi connectivity index (χ3n) is 2.36. The van der Waals surface area contributed by atoms with Crippen molar-refractivity contribution in [2.24, 2.45) is 5.92 Å². The number of benzene rings is 1. The predicted octanol–water partition coefficient (Wildman–Crippen LogP) is 2.86. The van der Waals surface area contributed by atoms with Crippen molar-refractivity contribution in [2.45, 2.75) is 19.0 Å². The van der Waals surface area contributed by atoms with Gasteiger partial charge in [-0.05, 0) is 6.07 Å². The first-order valence-corrected chi connectivity index (χ1v) is 5.20. The highest BCUT2D eigenvalue weighted by atomic mass is 19.4. The highest BCUT2D eigenvalue weighted by Crippen LogP contribution is 2.40. The Balaban J connectivity index is 3.04. The number of alkyl halides is 6. The zero-order valence-corrected chi connectivity index (χ0v) is 9.72. The number of hydrogen-bond donors (Lipinski definition) is 2. The zero-order valence-electron chi connectivity index (χ0n) is 9.72. The molecule has 0 heterocycles. The molecule has 9 heteroatoms. The molecule has 0 aliphatic rings. The molecular formula is C11H9F6NO2. The topological polar surface area (TPSA) is 49.3 Å². The fraction of sp³-hybridized carbons (Fsp3) is 0.364. The van der Waals surface area contributed by atoms with E-state index in [0.717, 1.165) is 6.07 Å². The van der Waals surface area contributed by atoms with Crippen LogP contribution in [0.15, 0.2) is 24.3 Å². The molecule has 0 unspecified atom stereocenters. The van der Waals surface area contributed by atoms with E-state index in [-0.39, 0.29) is 11.3 Å². The van der Waals surface area contributed by atoms with Crippen LogP contribution in [-0.2, 0) is 11.4 Å². The lowest BCUT2D eigenvalue weighted by Gasteiger charge is -2.22. The summed E-state index contributed by atoms with van der Waals surface area (Å²) in [7, 11) is 0. The van der Waals surface area contributed by atoms with E-state index >= 15 is 0 Å². The Morgan fingerprint density at radius 1 is 1.10 bits per heavy atom. The Labute approximate surface area is 109 Å². The standard InChI is InChI=1S/C11H9F6NO2/c12-10(13,14)8(11(15,16)17)9(20)18-7-4-2-1-3-6(7)5-19/h1-4,8,19H,5H2,(H,18,20). The smallest absolute Gasteiger partial charge is 0.392 e. The molecule has 0 aromatic heterocycles. The monoisotopic (exact) mass is 301 g/mol. The van der Waals surface area contributed by atoms with Gasteiger partial charge in [0.25, 0.3) is 0 Å². The van der Waals surface area contributed by atoms with E-state index < -0.39 is 30.8 Å². The SMILES string of the molecule is O=C(Nc1ccccc1CO)C(C(F)(F)F)C(F)(F)F. The number of amides is 1. The van der Waals surface area contributed by atoms with Crippen LogP contribution in [0.25, 0.3) is 0 Å². The van der Waals surface area contributed by atoms with Gasteiger partial charge < -0.3 is 10.4 Å². The number of halogens is 6. The van der Waals surface area contributed by atoms with E-state index in [9.17, 15) is 31.1 Å². The summed E-state index contributed by atoms with van der Waals surface area (Å²) in [5.74, 6) is -6.37. The number of rotatable bonds is 3. The van der Waals surface area contributed by atoms with Crippen LogP contribution < -0.4 is 5.32 Å². The van der Waals surface area contributed by atoms with Crippen molar-refractivity contribution in [3.63, 3.8) is 0 Å². The normalized spacial score (nSPS) is 12.6. The third kappa shape index (κ3) is 3.86. The van der Waals surface area contributed by atoms with E-state index in [1.807, 2.05) is 0 Å². The second-order valence-electron chi connectivity index (χ2n) is 3.82. The number of hydrogen-bond acceptors (Lipinski definition) is 2. The molecule has 3 nitrogen and oxygen atoms in total. The van der Waals surface area contributed by atoms with Crippen LogP contribution in [0, 0.1) is 5.92 Å². The lowest BCUT2D eigenvalue weighted by molar-refractivity contribution is -0.272. The first-order valence-electron chi connectivity index (χ1n) is 5.20. The molecule has 0 saturated carbocycles. The van der Waals surface area contributed by atoms with Gasteiger partial charge in [-0.25, -0.2) is 0 Å². The molecular weight excluding hydrogens is 292 g/mol. The maximum absolute atomic E-state index is 12.3. The van der Waals surface area contributed by atoms with Gasteiger partial charge in [0.2, 0.25) is 11.8 Å². The Bertz CT molecular complexity index is 469. The molecule has 112 valence electrons. The van der Waals surface area contributed by atoms with Crippen molar-refractivity contribution < 1.29 is 36.2 Å². The molecule has 1 rings (SSSR count). The first-order chi connectivity index (χ1) is 9.07. The molecule has 0 fully saturated rings. The van der Waals surface area contributed by atoms with Gasteiger partial charge >= 0.3 is 12.4 Å². The van der Waals surface area contributed by atoms with Crippen LogP contribution >= 0.6 is 0 Å². The molecule has 0 saturated heterocycles. The summed E-state index contributed by atoms with van der Waals surface area (Å²) < 4.78 is 73.9. The molecule has 0 radical (unpaired) electrons. The van der Waals surface area contributed by atoms with Crippen LogP contribution in [0.4, 0.5) is 32.0 Å². The van der Waals surface area contributed by atoms with E-state index in [2.05, 4.69) is 0 Å². The summed E-state index contributed by atoms with van der Waals surface area (Å²) in [6.07, 6.45) is -11.5. The van der Waals surface area contributed by atoms with Gasteiger partial charge in [0, 0.05) is 11.3 Å². The highest BCUT2D eigenvalue weighted by molar-refractivity contribution is 5.94. The van der Waals surface area contributed by atoms with Gasteiger partial charge in [0.1, 0.15) is 0 Å². The minimum absolute atomic E-state index is 0.00366. The second kappa shape index (κ2) is 5.70. The summed E-state index contributed by atoms with van der Waals surface area (Å²) in [5, 5.41) is 10.4. The predicted molar refractivity (Wildman–Crippen MR) is 56.6 cm³/mol. The van der Waals surface area contributed by atoms with E-state index in [1.54, 1.807) is 0 Å². The second-order valence-corrected chi connectivity index (χ2v) is 3.82. The van der Waals surface area contributed by atoms with Crippen LogP contribution in [0.2, 0.25) is 0 Å². The highest BCUT2D eigenvalue weighted by Gasteiger charge is 2.61. The van der Waals surface area contributed by atoms with Gasteiger partial charge in [-0.2, -0.15) is 26.3 Å². The lowest BCUT2D eigenvalue weighted by atomic mass is 10.1.